The second kappa shape index (κ2) is 6.46. The third-order valence-corrected chi connectivity index (χ3v) is 4.51. The number of carbonyl (C=O) groups excluding carboxylic acids is 1. The van der Waals surface area contributed by atoms with Crippen molar-refractivity contribution in [3.8, 4) is 0 Å². The van der Waals surface area contributed by atoms with E-state index in [1.54, 1.807) is 6.07 Å². The Morgan fingerprint density at radius 3 is 3.14 bits per heavy atom. The topological polar surface area (TPSA) is 95.8 Å². The SMILES string of the molecule is CCC1CCNCC1NCc1nc2c(C(N)=O)cccc2[nH]1. The summed E-state index contributed by atoms with van der Waals surface area (Å²) in [5.74, 6) is 1.09. The number of fused-ring (bicyclic) bond motifs is 1. The molecule has 2 heterocycles. The first-order valence-corrected chi connectivity index (χ1v) is 7.90. The molecule has 1 fully saturated rings. The number of nitrogens with zero attached hydrogens (tertiary/aromatic N) is 1. The van der Waals surface area contributed by atoms with E-state index in [-0.39, 0.29) is 0 Å². The zero-order valence-electron chi connectivity index (χ0n) is 12.9. The fraction of sp³-hybridized carbons (Fsp3) is 0.500. The lowest BCUT2D eigenvalue weighted by atomic mass is 9.90. The first-order valence-electron chi connectivity index (χ1n) is 7.90. The van der Waals surface area contributed by atoms with Gasteiger partial charge in [-0.2, -0.15) is 0 Å². The molecule has 0 aliphatic carbocycles. The number of imidazole rings is 1. The maximum absolute atomic E-state index is 11.5. The lowest BCUT2D eigenvalue weighted by Crippen LogP contribution is -2.48. The van der Waals surface area contributed by atoms with Crippen LogP contribution < -0.4 is 16.4 Å². The summed E-state index contributed by atoms with van der Waals surface area (Å²) >= 11 is 0. The minimum Gasteiger partial charge on any atom is -0.366 e. The molecule has 6 heteroatoms. The van der Waals surface area contributed by atoms with Crippen LogP contribution in [-0.4, -0.2) is 35.0 Å². The van der Waals surface area contributed by atoms with E-state index in [9.17, 15) is 4.79 Å². The Balaban J connectivity index is 1.74. The molecule has 2 aromatic rings. The molecule has 0 spiro atoms. The minimum absolute atomic E-state index is 0.445. The summed E-state index contributed by atoms with van der Waals surface area (Å²) in [6, 6.07) is 5.90. The molecule has 0 bridgehead atoms. The van der Waals surface area contributed by atoms with Crippen molar-refractivity contribution in [2.24, 2.45) is 11.7 Å². The largest absolute Gasteiger partial charge is 0.366 e. The van der Waals surface area contributed by atoms with Crippen molar-refractivity contribution >= 4 is 16.9 Å². The van der Waals surface area contributed by atoms with Gasteiger partial charge < -0.3 is 21.4 Å². The predicted octanol–water partition coefficient (Wildman–Crippen LogP) is 1.14. The maximum Gasteiger partial charge on any atom is 0.250 e. The van der Waals surface area contributed by atoms with Crippen LogP contribution in [0.4, 0.5) is 0 Å². The normalized spacial score (nSPS) is 22.0. The van der Waals surface area contributed by atoms with Crippen LogP contribution in [0.2, 0.25) is 0 Å². The van der Waals surface area contributed by atoms with Crippen molar-refractivity contribution in [2.45, 2.75) is 32.4 Å². The molecule has 2 atom stereocenters. The Hall–Kier alpha value is -1.92. The van der Waals surface area contributed by atoms with E-state index in [1.165, 1.54) is 12.8 Å². The lowest BCUT2D eigenvalue weighted by molar-refractivity contribution is 0.100. The number of amides is 1. The average molecular weight is 301 g/mol. The van der Waals surface area contributed by atoms with Gasteiger partial charge in [0.05, 0.1) is 17.6 Å². The van der Waals surface area contributed by atoms with Crippen LogP contribution in [0, 0.1) is 5.92 Å². The Morgan fingerprint density at radius 1 is 1.50 bits per heavy atom. The van der Waals surface area contributed by atoms with Gasteiger partial charge in [0.1, 0.15) is 11.3 Å². The molecule has 1 aliphatic heterocycles. The molecule has 1 aromatic carbocycles. The van der Waals surface area contributed by atoms with E-state index in [0.717, 1.165) is 24.4 Å². The molecular weight excluding hydrogens is 278 g/mol. The number of piperidine rings is 1. The molecule has 5 N–H and O–H groups in total. The van der Waals surface area contributed by atoms with Crippen molar-refractivity contribution in [3.63, 3.8) is 0 Å². The van der Waals surface area contributed by atoms with E-state index in [2.05, 4.69) is 27.5 Å². The molecular formula is C16H23N5O. The Labute approximate surface area is 129 Å². The number of carbonyl (C=O) groups is 1. The standard InChI is InChI=1S/C16H23N5O/c1-2-10-6-7-18-8-13(10)19-9-14-20-12-5-3-4-11(16(17)22)15(12)21-14/h3-5,10,13,18-19H,2,6-9H2,1H3,(H2,17,22)(H,20,21). The highest BCUT2D eigenvalue weighted by Crippen LogP contribution is 2.18. The fourth-order valence-electron chi connectivity index (χ4n) is 3.23. The number of aromatic amines is 1. The quantitative estimate of drug-likeness (QED) is 0.666. The summed E-state index contributed by atoms with van der Waals surface area (Å²) in [7, 11) is 0. The average Bonchev–Trinajstić information content (AvgIpc) is 2.95. The second-order valence-corrected chi connectivity index (χ2v) is 5.90. The highest BCUT2D eigenvalue weighted by molar-refractivity contribution is 6.03. The summed E-state index contributed by atoms with van der Waals surface area (Å²) in [5, 5.41) is 7.01. The van der Waals surface area contributed by atoms with Gasteiger partial charge in [-0.25, -0.2) is 4.98 Å². The number of hydrogen-bond acceptors (Lipinski definition) is 4. The van der Waals surface area contributed by atoms with Crippen LogP contribution in [0.3, 0.4) is 0 Å². The Bertz CT molecular complexity index is 666. The molecule has 22 heavy (non-hydrogen) atoms. The first-order chi connectivity index (χ1) is 10.7. The maximum atomic E-state index is 11.5. The third kappa shape index (κ3) is 2.98. The molecule has 0 saturated carbocycles. The number of nitrogens with one attached hydrogen (secondary N) is 3. The van der Waals surface area contributed by atoms with Gasteiger partial charge in [-0.15, -0.1) is 0 Å². The summed E-state index contributed by atoms with van der Waals surface area (Å²) in [6.45, 7) is 5.00. The van der Waals surface area contributed by atoms with Crippen molar-refractivity contribution in [1.29, 1.82) is 0 Å². The van der Waals surface area contributed by atoms with Gasteiger partial charge in [0.15, 0.2) is 0 Å². The number of aromatic nitrogens is 2. The Morgan fingerprint density at radius 2 is 2.36 bits per heavy atom. The van der Waals surface area contributed by atoms with Crippen LogP contribution in [0.15, 0.2) is 18.2 Å². The van der Waals surface area contributed by atoms with Gasteiger partial charge in [0.25, 0.3) is 5.91 Å². The highest BCUT2D eigenvalue weighted by atomic mass is 16.1. The molecule has 1 aliphatic rings. The van der Waals surface area contributed by atoms with Gasteiger partial charge in [0.2, 0.25) is 0 Å². The first kappa shape index (κ1) is 15.0. The molecule has 1 amide bonds. The second-order valence-electron chi connectivity index (χ2n) is 5.90. The highest BCUT2D eigenvalue weighted by Gasteiger charge is 2.23. The zero-order valence-corrected chi connectivity index (χ0v) is 12.9. The molecule has 3 rings (SSSR count). The number of H-pyrrole nitrogens is 1. The summed E-state index contributed by atoms with van der Waals surface area (Å²) in [4.78, 5) is 19.2. The van der Waals surface area contributed by atoms with E-state index in [1.807, 2.05) is 12.1 Å². The van der Waals surface area contributed by atoms with Gasteiger partial charge in [-0.05, 0) is 31.0 Å². The summed E-state index contributed by atoms with van der Waals surface area (Å²) in [5.41, 5.74) is 7.37. The molecule has 6 nitrogen and oxygen atoms in total. The van der Waals surface area contributed by atoms with E-state index in [0.29, 0.717) is 29.6 Å². The van der Waals surface area contributed by atoms with Crippen molar-refractivity contribution in [1.82, 2.24) is 20.6 Å². The molecule has 0 radical (unpaired) electrons. The van der Waals surface area contributed by atoms with Gasteiger partial charge >= 0.3 is 0 Å². The van der Waals surface area contributed by atoms with Crippen molar-refractivity contribution in [3.05, 3.63) is 29.6 Å². The van der Waals surface area contributed by atoms with Gasteiger partial charge in [-0.1, -0.05) is 19.4 Å². The number of nitrogens with two attached hydrogens (primary N) is 1. The van der Waals surface area contributed by atoms with Crippen LogP contribution in [0.5, 0.6) is 0 Å². The number of primary amides is 1. The van der Waals surface area contributed by atoms with Crippen LogP contribution in [0.1, 0.15) is 35.9 Å². The number of benzene rings is 1. The Kier molecular flexibility index (Phi) is 4.40. The van der Waals surface area contributed by atoms with Gasteiger partial charge in [0, 0.05) is 12.6 Å². The predicted molar refractivity (Wildman–Crippen MR) is 86.5 cm³/mol. The summed E-state index contributed by atoms with van der Waals surface area (Å²) < 4.78 is 0. The van der Waals surface area contributed by atoms with Crippen molar-refractivity contribution < 1.29 is 4.79 Å². The summed E-state index contributed by atoms with van der Waals surface area (Å²) in [6.07, 6.45) is 2.39. The number of para-hydroxylation sites is 1. The lowest BCUT2D eigenvalue weighted by Gasteiger charge is -2.32. The van der Waals surface area contributed by atoms with Crippen molar-refractivity contribution in [2.75, 3.05) is 13.1 Å². The molecule has 1 aromatic heterocycles. The van der Waals surface area contributed by atoms with E-state index in [4.69, 9.17) is 5.73 Å². The van der Waals surface area contributed by atoms with Gasteiger partial charge in [-0.3, -0.25) is 4.79 Å². The van der Waals surface area contributed by atoms with Crippen LogP contribution in [0.25, 0.3) is 11.0 Å². The van der Waals surface area contributed by atoms with E-state index >= 15 is 0 Å². The van der Waals surface area contributed by atoms with Crippen LogP contribution >= 0.6 is 0 Å². The van der Waals surface area contributed by atoms with Crippen LogP contribution in [-0.2, 0) is 6.54 Å². The smallest absolute Gasteiger partial charge is 0.250 e. The number of hydrogen-bond donors (Lipinski definition) is 4. The number of rotatable bonds is 5. The molecule has 2 unspecified atom stereocenters. The fourth-order valence-corrected chi connectivity index (χ4v) is 3.23. The molecule has 1 saturated heterocycles. The van der Waals surface area contributed by atoms with E-state index < -0.39 is 5.91 Å². The third-order valence-electron chi connectivity index (χ3n) is 4.51. The minimum atomic E-state index is -0.445. The zero-order chi connectivity index (χ0) is 15.5. The monoisotopic (exact) mass is 301 g/mol. The molecule has 118 valence electrons.